The number of anilines is 1. The number of nitrogens with two attached hydrogens (primary N) is 1. The van der Waals surface area contributed by atoms with E-state index >= 15 is 0 Å². The number of carbonyl (C=O) groups excluding carboxylic acids is 1. The Morgan fingerprint density at radius 2 is 2.17 bits per heavy atom. The summed E-state index contributed by atoms with van der Waals surface area (Å²) in [6.45, 7) is 4.36. The largest absolute Gasteiger partial charge is 0.368 e. The molecule has 8 heteroatoms. The molecule has 0 aliphatic carbocycles. The quantitative estimate of drug-likeness (QED) is 0.669. The van der Waals surface area contributed by atoms with Crippen LogP contribution >= 0.6 is 11.6 Å². The van der Waals surface area contributed by atoms with E-state index in [1.165, 1.54) is 0 Å². The Balaban J connectivity index is 1.71. The van der Waals surface area contributed by atoms with Crippen molar-refractivity contribution in [2.45, 2.75) is 45.6 Å². The van der Waals surface area contributed by atoms with Crippen LogP contribution in [-0.2, 0) is 11.2 Å². The van der Waals surface area contributed by atoms with E-state index in [0.29, 0.717) is 17.3 Å². The normalized spacial score (nSPS) is 16.6. The number of likely N-dealkylation sites (tertiary alicyclic amines) is 1. The van der Waals surface area contributed by atoms with Gasteiger partial charge in [-0.15, -0.1) is 0 Å². The molecule has 1 amide bonds. The Hall–Kier alpha value is -2.93. The second-order valence-electron chi connectivity index (χ2n) is 7.62. The highest BCUT2D eigenvalue weighted by molar-refractivity contribution is 6.30. The summed E-state index contributed by atoms with van der Waals surface area (Å²) in [6, 6.07) is 7.37. The van der Waals surface area contributed by atoms with Crippen molar-refractivity contribution in [2.24, 2.45) is 0 Å². The molecule has 4 rings (SSSR count). The number of aryl methyl sites for hydroxylation is 2. The van der Waals surface area contributed by atoms with Gasteiger partial charge >= 0.3 is 0 Å². The smallest absolute Gasteiger partial charge is 0.227 e. The Morgan fingerprint density at radius 1 is 1.33 bits per heavy atom. The molecular weight excluding hydrogens is 402 g/mol. The lowest BCUT2D eigenvalue weighted by Crippen LogP contribution is -2.40. The monoisotopic (exact) mass is 425 g/mol. The number of piperidine rings is 1. The van der Waals surface area contributed by atoms with Crippen molar-refractivity contribution in [2.75, 3.05) is 12.3 Å². The molecule has 0 bridgehead atoms. The van der Waals surface area contributed by atoms with Gasteiger partial charge in [0.25, 0.3) is 0 Å². The summed E-state index contributed by atoms with van der Waals surface area (Å²) < 4.78 is 5.23. The standard InChI is InChI=1S/C22H24ClN5O2/c1-13-17(14(2)30-27-13)11-20(29)28-9-4-3-8-19(28)21-18(12-25-22(24)26-21)15-6-5-7-16(23)10-15/h5-7,10,12,19H,3-4,8-9,11H2,1-2H3,(H2,24,25,26)/t19-/m0/s1. The molecule has 1 atom stereocenters. The minimum Gasteiger partial charge on any atom is -0.368 e. The van der Waals surface area contributed by atoms with E-state index in [1.807, 2.05) is 43.0 Å². The molecule has 0 unspecified atom stereocenters. The molecule has 1 aliphatic heterocycles. The first-order valence-electron chi connectivity index (χ1n) is 10.0. The molecule has 0 radical (unpaired) electrons. The highest BCUT2D eigenvalue weighted by atomic mass is 35.5. The van der Waals surface area contributed by atoms with Gasteiger partial charge in [0.15, 0.2) is 0 Å². The molecule has 2 aromatic heterocycles. The number of carbonyl (C=O) groups is 1. The number of halogens is 1. The lowest BCUT2D eigenvalue weighted by atomic mass is 9.93. The maximum absolute atomic E-state index is 13.3. The first kappa shape index (κ1) is 20.3. The van der Waals surface area contributed by atoms with Crippen LogP contribution in [0.4, 0.5) is 5.95 Å². The first-order chi connectivity index (χ1) is 14.4. The van der Waals surface area contributed by atoms with Crippen molar-refractivity contribution in [1.29, 1.82) is 0 Å². The van der Waals surface area contributed by atoms with Crippen molar-refractivity contribution < 1.29 is 9.32 Å². The Labute approximate surface area is 180 Å². The maximum atomic E-state index is 13.3. The summed E-state index contributed by atoms with van der Waals surface area (Å²) >= 11 is 6.21. The Bertz CT molecular complexity index is 1060. The van der Waals surface area contributed by atoms with Crippen LogP contribution in [-0.4, -0.2) is 32.5 Å². The van der Waals surface area contributed by atoms with Gasteiger partial charge in [-0.3, -0.25) is 4.79 Å². The second kappa shape index (κ2) is 8.44. The summed E-state index contributed by atoms with van der Waals surface area (Å²) in [5.74, 6) is 0.906. The van der Waals surface area contributed by atoms with Crippen LogP contribution in [0.2, 0.25) is 5.02 Å². The number of rotatable bonds is 4. The van der Waals surface area contributed by atoms with Crippen LogP contribution in [0.25, 0.3) is 11.1 Å². The summed E-state index contributed by atoms with van der Waals surface area (Å²) in [7, 11) is 0. The van der Waals surface area contributed by atoms with Crippen molar-refractivity contribution in [3.8, 4) is 11.1 Å². The molecule has 3 aromatic rings. The van der Waals surface area contributed by atoms with Crippen LogP contribution in [0.5, 0.6) is 0 Å². The summed E-state index contributed by atoms with van der Waals surface area (Å²) in [4.78, 5) is 24.0. The lowest BCUT2D eigenvalue weighted by molar-refractivity contribution is -0.134. The highest BCUT2D eigenvalue weighted by Gasteiger charge is 2.32. The minimum atomic E-state index is -0.175. The van der Waals surface area contributed by atoms with Crippen LogP contribution in [0.1, 0.15) is 48.0 Å². The third-order valence-corrected chi connectivity index (χ3v) is 5.86. The number of benzene rings is 1. The van der Waals surface area contributed by atoms with E-state index in [-0.39, 0.29) is 24.3 Å². The molecule has 30 heavy (non-hydrogen) atoms. The zero-order chi connectivity index (χ0) is 21.3. The zero-order valence-corrected chi connectivity index (χ0v) is 17.8. The van der Waals surface area contributed by atoms with E-state index in [2.05, 4.69) is 15.1 Å². The number of amides is 1. The van der Waals surface area contributed by atoms with Crippen LogP contribution in [0.3, 0.4) is 0 Å². The third-order valence-electron chi connectivity index (χ3n) is 5.62. The Kier molecular flexibility index (Phi) is 5.72. The molecule has 1 fully saturated rings. The highest BCUT2D eigenvalue weighted by Crippen LogP contribution is 2.37. The van der Waals surface area contributed by atoms with Gasteiger partial charge in [0.2, 0.25) is 11.9 Å². The molecule has 0 saturated carbocycles. The molecule has 3 heterocycles. The molecule has 7 nitrogen and oxygen atoms in total. The summed E-state index contributed by atoms with van der Waals surface area (Å²) in [5.41, 5.74) is 10.0. The Morgan fingerprint density at radius 3 is 2.90 bits per heavy atom. The number of aromatic nitrogens is 3. The predicted molar refractivity (Wildman–Crippen MR) is 115 cm³/mol. The SMILES string of the molecule is Cc1noc(C)c1CC(=O)N1CCCC[C@H]1c1nc(N)ncc1-c1cccc(Cl)c1. The lowest BCUT2D eigenvalue weighted by Gasteiger charge is -2.36. The fourth-order valence-electron chi connectivity index (χ4n) is 4.06. The fraction of sp³-hybridized carbons (Fsp3) is 0.364. The van der Waals surface area contributed by atoms with Gasteiger partial charge in [-0.25, -0.2) is 9.97 Å². The second-order valence-corrected chi connectivity index (χ2v) is 8.05. The van der Waals surface area contributed by atoms with Gasteiger partial charge < -0.3 is 15.2 Å². The van der Waals surface area contributed by atoms with Gasteiger partial charge in [0.05, 0.1) is 23.9 Å². The van der Waals surface area contributed by atoms with Gasteiger partial charge in [-0.2, -0.15) is 0 Å². The third kappa shape index (κ3) is 4.03. The van der Waals surface area contributed by atoms with Gasteiger partial charge in [0.1, 0.15) is 5.76 Å². The van der Waals surface area contributed by atoms with E-state index in [0.717, 1.165) is 47.3 Å². The molecular formula is C22H24ClN5O2. The van der Waals surface area contributed by atoms with Crippen LogP contribution in [0.15, 0.2) is 35.0 Å². The van der Waals surface area contributed by atoms with Gasteiger partial charge in [-0.05, 0) is 50.8 Å². The van der Waals surface area contributed by atoms with E-state index in [4.69, 9.17) is 21.9 Å². The number of hydrogen-bond acceptors (Lipinski definition) is 6. The van der Waals surface area contributed by atoms with Crippen molar-refractivity contribution >= 4 is 23.5 Å². The first-order valence-corrected chi connectivity index (χ1v) is 10.4. The molecule has 1 aliphatic rings. The molecule has 1 aromatic carbocycles. The average molecular weight is 426 g/mol. The fourth-order valence-corrected chi connectivity index (χ4v) is 4.25. The van der Waals surface area contributed by atoms with Crippen molar-refractivity contribution in [3.05, 3.63) is 58.2 Å². The number of nitrogens with zero attached hydrogens (tertiary/aromatic N) is 4. The van der Waals surface area contributed by atoms with Crippen LogP contribution in [0, 0.1) is 13.8 Å². The van der Waals surface area contributed by atoms with E-state index in [1.54, 1.807) is 6.20 Å². The molecule has 0 spiro atoms. The maximum Gasteiger partial charge on any atom is 0.227 e. The average Bonchev–Trinajstić information content (AvgIpc) is 3.05. The van der Waals surface area contributed by atoms with Crippen LogP contribution < -0.4 is 5.73 Å². The van der Waals surface area contributed by atoms with Gasteiger partial charge in [0, 0.05) is 28.9 Å². The van der Waals surface area contributed by atoms with E-state index < -0.39 is 0 Å². The molecule has 2 N–H and O–H groups in total. The van der Waals surface area contributed by atoms with E-state index in [9.17, 15) is 4.79 Å². The summed E-state index contributed by atoms with van der Waals surface area (Å²) in [6.07, 6.45) is 4.76. The zero-order valence-electron chi connectivity index (χ0n) is 17.1. The minimum absolute atomic E-state index is 0.0309. The molecule has 156 valence electrons. The number of nitrogen functional groups attached to an aromatic ring is 1. The topological polar surface area (TPSA) is 98.1 Å². The molecule has 1 saturated heterocycles. The van der Waals surface area contributed by atoms with Gasteiger partial charge in [-0.1, -0.05) is 28.9 Å². The predicted octanol–water partition coefficient (Wildman–Crippen LogP) is 4.28. The number of hydrogen-bond donors (Lipinski definition) is 1. The van der Waals surface area contributed by atoms with Crippen molar-refractivity contribution in [1.82, 2.24) is 20.0 Å². The summed E-state index contributed by atoms with van der Waals surface area (Å²) in [5, 5.41) is 4.60. The van der Waals surface area contributed by atoms with Crippen molar-refractivity contribution in [3.63, 3.8) is 0 Å².